The molecule has 0 fully saturated rings. The second kappa shape index (κ2) is 12.7. The van der Waals surface area contributed by atoms with Crippen molar-refractivity contribution in [2.75, 3.05) is 26.2 Å². The van der Waals surface area contributed by atoms with E-state index in [0.29, 0.717) is 6.61 Å². The summed E-state index contributed by atoms with van der Waals surface area (Å²) < 4.78 is 5.68. The van der Waals surface area contributed by atoms with Gasteiger partial charge in [0.2, 0.25) is 0 Å². The van der Waals surface area contributed by atoms with Crippen molar-refractivity contribution in [3.05, 3.63) is 29.8 Å². The molecule has 0 amide bonds. The van der Waals surface area contributed by atoms with Crippen molar-refractivity contribution in [1.82, 2.24) is 10.6 Å². The van der Waals surface area contributed by atoms with Crippen molar-refractivity contribution in [3.8, 4) is 5.75 Å². The van der Waals surface area contributed by atoms with E-state index < -0.39 is 0 Å². The number of nitrogens with zero attached hydrogens (tertiary/aromatic N) is 1. The fourth-order valence-corrected chi connectivity index (χ4v) is 1.67. The van der Waals surface area contributed by atoms with Crippen LogP contribution in [0.1, 0.15) is 32.3 Å². The predicted molar refractivity (Wildman–Crippen MR) is 101 cm³/mol. The van der Waals surface area contributed by atoms with Crippen LogP contribution in [0.2, 0.25) is 0 Å². The number of guanidine groups is 1. The number of hydrogen-bond acceptors (Lipinski definition) is 2. The molecule has 1 aromatic carbocycles. The molecule has 0 atom stereocenters. The van der Waals surface area contributed by atoms with E-state index in [2.05, 4.69) is 48.5 Å². The molecule has 2 N–H and O–H groups in total. The van der Waals surface area contributed by atoms with Crippen molar-refractivity contribution in [1.29, 1.82) is 0 Å². The van der Waals surface area contributed by atoms with Gasteiger partial charge in [-0.05, 0) is 38.8 Å². The van der Waals surface area contributed by atoms with Gasteiger partial charge in [0.1, 0.15) is 5.75 Å². The summed E-state index contributed by atoms with van der Waals surface area (Å²) in [4.78, 5) is 4.45. The van der Waals surface area contributed by atoms with Crippen molar-refractivity contribution in [3.63, 3.8) is 0 Å². The molecule has 0 aromatic heterocycles. The molecule has 0 aliphatic carbocycles. The van der Waals surface area contributed by atoms with Gasteiger partial charge in [0.15, 0.2) is 5.96 Å². The van der Waals surface area contributed by atoms with Crippen LogP contribution in [0.25, 0.3) is 0 Å². The smallest absolute Gasteiger partial charge is 0.191 e. The van der Waals surface area contributed by atoms with Crippen molar-refractivity contribution >= 4 is 29.9 Å². The zero-order valence-electron chi connectivity index (χ0n) is 13.3. The summed E-state index contributed by atoms with van der Waals surface area (Å²) in [5, 5.41) is 6.54. The van der Waals surface area contributed by atoms with E-state index in [4.69, 9.17) is 4.74 Å². The number of rotatable bonds is 8. The molecular formula is C16H28IN3O. The second-order valence-corrected chi connectivity index (χ2v) is 4.70. The lowest BCUT2D eigenvalue weighted by Gasteiger charge is -2.11. The zero-order chi connectivity index (χ0) is 14.6. The Morgan fingerprint density at radius 3 is 2.48 bits per heavy atom. The number of aryl methyl sites for hydroxylation is 1. The number of benzene rings is 1. The molecule has 0 aliphatic rings. The topological polar surface area (TPSA) is 45.7 Å². The Kier molecular flexibility index (Phi) is 12.1. The fourth-order valence-electron chi connectivity index (χ4n) is 1.67. The number of halogens is 1. The van der Waals surface area contributed by atoms with E-state index in [1.54, 1.807) is 0 Å². The molecule has 21 heavy (non-hydrogen) atoms. The summed E-state index contributed by atoms with van der Waals surface area (Å²) >= 11 is 0. The average molecular weight is 405 g/mol. The molecular weight excluding hydrogens is 377 g/mol. The minimum absolute atomic E-state index is 0. The molecule has 0 aliphatic heterocycles. The lowest BCUT2D eigenvalue weighted by molar-refractivity contribution is 0.311. The van der Waals surface area contributed by atoms with E-state index in [1.165, 1.54) is 5.56 Å². The van der Waals surface area contributed by atoms with Gasteiger partial charge in [-0.3, -0.25) is 4.99 Å². The zero-order valence-corrected chi connectivity index (χ0v) is 15.6. The number of ether oxygens (including phenoxy) is 1. The van der Waals surface area contributed by atoms with Crippen LogP contribution in [0.5, 0.6) is 5.75 Å². The quantitative estimate of drug-likeness (QED) is 0.302. The van der Waals surface area contributed by atoms with Gasteiger partial charge in [-0.1, -0.05) is 24.6 Å². The molecule has 1 aromatic rings. The van der Waals surface area contributed by atoms with Crippen LogP contribution in [0.15, 0.2) is 29.3 Å². The van der Waals surface area contributed by atoms with E-state index in [9.17, 15) is 0 Å². The number of hydrogen-bond donors (Lipinski definition) is 2. The summed E-state index contributed by atoms with van der Waals surface area (Å²) in [7, 11) is 0. The second-order valence-electron chi connectivity index (χ2n) is 4.70. The van der Waals surface area contributed by atoms with E-state index in [0.717, 1.165) is 44.2 Å². The molecule has 0 saturated heterocycles. The Bertz CT molecular complexity index is 393. The third kappa shape index (κ3) is 9.55. The largest absolute Gasteiger partial charge is 0.494 e. The maximum absolute atomic E-state index is 5.68. The SMILES string of the molecule is CCCN=C(NCC)NCCCOc1ccc(C)cc1.I. The molecule has 120 valence electrons. The average Bonchev–Trinajstić information content (AvgIpc) is 2.46. The Labute approximate surface area is 145 Å². The van der Waals surface area contributed by atoms with Gasteiger partial charge in [0.25, 0.3) is 0 Å². The van der Waals surface area contributed by atoms with Crippen LogP contribution in [0.4, 0.5) is 0 Å². The monoisotopic (exact) mass is 405 g/mol. The summed E-state index contributed by atoms with van der Waals surface area (Å²) in [6.45, 7) is 9.59. The van der Waals surface area contributed by atoms with Crippen LogP contribution >= 0.6 is 24.0 Å². The Balaban J connectivity index is 0.00000400. The fraction of sp³-hybridized carbons (Fsp3) is 0.562. The molecule has 0 radical (unpaired) electrons. The van der Waals surface area contributed by atoms with Crippen LogP contribution in [0, 0.1) is 6.92 Å². The lowest BCUT2D eigenvalue weighted by atomic mass is 10.2. The first-order valence-electron chi connectivity index (χ1n) is 7.48. The predicted octanol–water partition coefficient (Wildman–Crippen LogP) is 3.35. The van der Waals surface area contributed by atoms with Crippen LogP contribution in [-0.4, -0.2) is 32.2 Å². The first-order chi connectivity index (χ1) is 9.76. The van der Waals surface area contributed by atoms with Gasteiger partial charge in [-0.25, -0.2) is 0 Å². The molecule has 1 rings (SSSR count). The van der Waals surface area contributed by atoms with Gasteiger partial charge in [-0.2, -0.15) is 0 Å². The van der Waals surface area contributed by atoms with Crippen molar-refractivity contribution in [2.24, 2.45) is 4.99 Å². The minimum atomic E-state index is 0. The first-order valence-corrected chi connectivity index (χ1v) is 7.48. The number of nitrogens with one attached hydrogen (secondary N) is 2. The van der Waals surface area contributed by atoms with E-state index >= 15 is 0 Å². The maximum atomic E-state index is 5.68. The summed E-state index contributed by atoms with van der Waals surface area (Å²) in [6, 6.07) is 8.15. The molecule has 4 nitrogen and oxygen atoms in total. The van der Waals surface area contributed by atoms with Crippen molar-refractivity contribution < 1.29 is 4.74 Å². The highest BCUT2D eigenvalue weighted by Gasteiger charge is 1.97. The normalized spacial score (nSPS) is 10.7. The molecule has 5 heteroatoms. The Hall–Kier alpha value is -0.980. The third-order valence-corrected chi connectivity index (χ3v) is 2.74. The third-order valence-electron chi connectivity index (χ3n) is 2.74. The molecule has 0 spiro atoms. The number of aliphatic imine (C=N–C) groups is 1. The van der Waals surface area contributed by atoms with Crippen LogP contribution in [0.3, 0.4) is 0 Å². The Morgan fingerprint density at radius 1 is 1.14 bits per heavy atom. The van der Waals surface area contributed by atoms with Gasteiger partial charge >= 0.3 is 0 Å². The molecule has 0 bridgehead atoms. The van der Waals surface area contributed by atoms with E-state index in [-0.39, 0.29) is 24.0 Å². The first kappa shape index (κ1) is 20.0. The van der Waals surface area contributed by atoms with Crippen LogP contribution < -0.4 is 15.4 Å². The summed E-state index contributed by atoms with van der Waals surface area (Å²) in [5.74, 6) is 1.83. The summed E-state index contributed by atoms with van der Waals surface area (Å²) in [6.07, 6.45) is 2.01. The highest BCUT2D eigenvalue weighted by Crippen LogP contribution is 2.11. The van der Waals surface area contributed by atoms with E-state index in [1.807, 2.05) is 12.1 Å². The molecule has 0 unspecified atom stereocenters. The summed E-state index contributed by atoms with van der Waals surface area (Å²) in [5.41, 5.74) is 1.25. The van der Waals surface area contributed by atoms with Gasteiger partial charge in [0.05, 0.1) is 6.61 Å². The highest BCUT2D eigenvalue weighted by molar-refractivity contribution is 14.0. The van der Waals surface area contributed by atoms with Gasteiger partial charge in [-0.15, -0.1) is 24.0 Å². The Morgan fingerprint density at radius 2 is 1.86 bits per heavy atom. The van der Waals surface area contributed by atoms with Gasteiger partial charge in [0, 0.05) is 19.6 Å². The minimum Gasteiger partial charge on any atom is -0.494 e. The lowest BCUT2D eigenvalue weighted by Crippen LogP contribution is -2.38. The standard InChI is InChI=1S/C16H27N3O.HI/c1-4-11-18-16(17-5-2)19-12-6-13-20-15-9-7-14(3)8-10-15;/h7-10H,4-6,11-13H2,1-3H3,(H2,17,18,19);1H. The highest BCUT2D eigenvalue weighted by atomic mass is 127. The van der Waals surface area contributed by atoms with Crippen LogP contribution in [-0.2, 0) is 0 Å². The molecule has 0 saturated carbocycles. The maximum Gasteiger partial charge on any atom is 0.191 e. The molecule has 0 heterocycles. The van der Waals surface area contributed by atoms with Crippen molar-refractivity contribution in [2.45, 2.75) is 33.6 Å². The van der Waals surface area contributed by atoms with Gasteiger partial charge < -0.3 is 15.4 Å².